The van der Waals surface area contributed by atoms with E-state index in [0.29, 0.717) is 22.6 Å². The minimum atomic E-state index is -0.453. The van der Waals surface area contributed by atoms with Crippen LogP contribution in [0.3, 0.4) is 0 Å². The van der Waals surface area contributed by atoms with Crippen LogP contribution in [0.5, 0.6) is 0 Å². The molecule has 7 heteroatoms. The molecule has 0 spiro atoms. The van der Waals surface area contributed by atoms with Crippen molar-refractivity contribution in [2.24, 2.45) is 0 Å². The molecule has 1 aliphatic rings. The normalized spacial score (nSPS) is 23.5. The van der Waals surface area contributed by atoms with Crippen molar-refractivity contribution in [1.29, 1.82) is 0 Å². The number of nitro groups is 1. The Hall–Kier alpha value is -0.850. The summed E-state index contributed by atoms with van der Waals surface area (Å²) in [6.07, 6.45) is 0.198. The van der Waals surface area contributed by atoms with E-state index in [2.05, 4.69) is 20.8 Å². The number of halogens is 2. The summed E-state index contributed by atoms with van der Waals surface area (Å²) in [5.41, 5.74) is 0.768. The molecule has 0 saturated carbocycles. The Balaban J connectivity index is 2.37. The highest BCUT2D eigenvalue weighted by atomic mass is 79.9. The number of anilines is 1. The number of ether oxygens (including phenoxy) is 1. The molecule has 2 rings (SSSR count). The average molecular weight is 350 g/mol. The highest BCUT2D eigenvalue weighted by Crippen LogP contribution is 2.38. The van der Waals surface area contributed by atoms with E-state index in [1.807, 2.05) is 13.8 Å². The number of non-ortho nitro benzene ring substituents is 1. The highest BCUT2D eigenvalue weighted by Gasteiger charge is 2.26. The number of hydrogen-bond acceptors (Lipinski definition) is 4. The molecule has 0 N–H and O–H groups in total. The molecule has 0 aromatic heterocycles. The Morgan fingerprint density at radius 3 is 2.47 bits per heavy atom. The summed E-state index contributed by atoms with van der Waals surface area (Å²) in [7, 11) is 0. The largest absolute Gasteiger partial charge is 0.372 e. The van der Waals surface area contributed by atoms with Crippen LogP contribution in [0, 0.1) is 10.1 Å². The summed E-state index contributed by atoms with van der Waals surface area (Å²) >= 11 is 9.56. The quantitative estimate of drug-likeness (QED) is 0.604. The second kappa shape index (κ2) is 5.64. The summed E-state index contributed by atoms with van der Waals surface area (Å²) < 4.78 is 6.30. The summed E-state index contributed by atoms with van der Waals surface area (Å²) in [4.78, 5) is 12.4. The molecule has 2 unspecified atom stereocenters. The molecule has 104 valence electrons. The second-order valence-corrected chi connectivity index (χ2v) is 5.94. The Kier molecular flexibility index (Phi) is 4.32. The topological polar surface area (TPSA) is 55.6 Å². The van der Waals surface area contributed by atoms with Crippen LogP contribution in [0.4, 0.5) is 11.4 Å². The number of benzene rings is 1. The maximum absolute atomic E-state index is 10.8. The predicted molar refractivity (Wildman–Crippen MR) is 78.0 cm³/mol. The fourth-order valence-electron chi connectivity index (χ4n) is 2.32. The van der Waals surface area contributed by atoms with Gasteiger partial charge in [-0.15, -0.1) is 0 Å². The lowest BCUT2D eigenvalue weighted by Gasteiger charge is -2.37. The molecule has 1 aromatic carbocycles. The van der Waals surface area contributed by atoms with Gasteiger partial charge in [-0.3, -0.25) is 10.1 Å². The van der Waals surface area contributed by atoms with Gasteiger partial charge in [0.15, 0.2) is 0 Å². The predicted octanol–water partition coefficient (Wildman–Crippen LogP) is 3.62. The van der Waals surface area contributed by atoms with Gasteiger partial charge in [0.25, 0.3) is 5.69 Å². The van der Waals surface area contributed by atoms with Crippen molar-refractivity contribution in [2.45, 2.75) is 26.1 Å². The Morgan fingerprint density at radius 2 is 2.00 bits per heavy atom. The first-order valence-electron chi connectivity index (χ1n) is 5.92. The van der Waals surface area contributed by atoms with Crippen LogP contribution in [0.1, 0.15) is 13.8 Å². The summed E-state index contributed by atoms with van der Waals surface area (Å²) in [6, 6.07) is 2.86. The molecule has 1 heterocycles. The molecule has 1 saturated heterocycles. The monoisotopic (exact) mass is 348 g/mol. The first-order chi connectivity index (χ1) is 8.88. The van der Waals surface area contributed by atoms with Crippen LogP contribution in [-0.2, 0) is 4.74 Å². The van der Waals surface area contributed by atoms with Crippen LogP contribution >= 0.6 is 27.5 Å². The van der Waals surface area contributed by atoms with Gasteiger partial charge < -0.3 is 9.64 Å². The first kappa shape index (κ1) is 14.6. The smallest absolute Gasteiger partial charge is 0.272 e. The summed E-state index contributed by atoms with van der Waals surface area (Å²) in [5.74, 6) is 0. The third-order valence-corrected chi connectivity index (χ3v) is 3.84. The van der Waals surface area contributed by atoms with Crippen molar-refractivity contribution in [3.05, 3.63) is 31.7 Å². The molecular weight excluding hydrogens is 336 g/mol. The van der Waals surface area contributed by atoms with Crippen molar-refractivity contribution in [2.75, 3.05) is 18.0 Å². The van der Waals surface area contributed by atoms with E-state index in [1.165, 1.54) is 12.1 Å². The number of nitro benzene ring substituents is 1. The van der Waals surface area contributed by atoms with Crippen LogP contribution in [0.15, 0.2) is 16.6 Å². The zero-order chi connectivity index (χ0) is 14.2. The first-order valence-corrected chi connectivity index (χ1v) is 7.09. The van der Waals surface area contributed by atoms with E-state index < -0.39 is 4.92 Å². The lowest BCUT2D eigenvalue weighted by atomic mass is 10.2. The van der Waals surface area contributed by atoms with Crippen LogP contribution < -0.4 is 4.90 Å². The molecule has 1 aliphatic heterocycles. The molecule has 0 aliphatic carbocycles. The van der Waals surface area contributed by atoms with Gasteiger partial charge in [-0.25, -0.2) is 0 Å². The number of hydrogen-bond donors (Lipinski definition) is 0. The van der Waals surface area contributed by atoms with Gasteiger partial charge in [0, 0.05) is 29.7 Å². The van der Waals surface area contributed by atoms with E-state index in [4.69, 9.17) is 16.3 Å². The molecule has 1 fully saturated rings. The standard InChI is InChI=1S/C12H14BrClN2O3/c1-7-5-15(6-8(2)19-7)12-10(13)3-9(16(17)18)4-11(12)14/h3-4,7-8H,5-6H2,1-2H3. The molecule has 2 atom stereocenters. The Labute approximate surface area is 124 Å². The number of nitrogens with zero attached hydrogens (tertiary/aromatic N) is 2. The Bertz CT molecular complexity index is 479. The van der Waals surface area contributed by atoms with E-state index in [0.717, 1.165) is 5.69 Å². The van der Waals surface area contributed by atoms with Gasteiger partial charge in [0.2, 0.25) is 0 Å². The molecule has 0 radical (unpaired) electrons. The van der Waals surface area contributed by atoms with Crippen molar-refractivity contribution < 1.29 is 9.66 Å². The van der Waals surface area contributed by atoms with Gasteiger partial charge >= 0.3 is 0 Å². The summed E-state index contributed by atoms with van der Waals surface area (Å²) in [6.45, 7) is 5.41. The van der Waals surface area contributed by atoms with Crippen LogP contribution in [0.25, 0.3) is 0 Å². The van der Waals surface area contributed by atoms with E-state index >= 15 is 0 Å². The molecular formula is C12H14BrClN2O3. The number of rotatable bonds is 2. The zero-order valence-electron chi connectivity index (χ0n) is 10.6. The van der Waals surface area contributed by atoms with Gasteiger partial charge in [0.1, 0.15) is 0 Å². The van der Waals surface area contributed by atoms with E-state index in [1.54, 1.807) is 0 Å². The van der Waals surface area contributed by atoms with Crippen molar-refractivity contribution >= 4 is 38.9 Å². The van der Waals surface area contributed by atoms with Crippen molar-refractivity contribution in [3.63, 3.8) is 0 Å². The van der Waals surface area contributed by atoms with Crippen molar-refractivity contribution in [1.82, 2.24) is 0 Å². The minimum absolute atomic E-state index is 0.0185. The fourth-order valence-corrected chi connectivity index (χ4v) is 3.47. The molecule has 1 aromatic rings. The highest BCUT2D eigenvalue weighted by molar-refractivity contribution is 9.10. The van der Waals surface area contributed by atoms with Gasteiger partial charge in [0.05, 0.1) is 27.8 Å². The Morgan fingerprint density at radius 1 is 1.42 bits per heavy atom. The van der Waals surface area contributed by atoms with Crippen LogP contribution in [0.2, 0.25) is 5.02 Å². The minimum Gasteiger partial charge on any atom is -0.372 e. The van der Waals surface area contributed by atoms with Crippen LogP contribution in [-0.4, -0.2) is 30.2 Å². The van der Waals surface area contributed by atoms with E-state index in [-0.39, 0.29) is 17.9 Å². The van der Waals surface area contributed by atoms with Gasteiger partial charge in [-0.2, -0.15) is 0 Å². The maximum atomic E-state index is 10.8. The molecule has 0 bridgehead atoms. The zero-order valence-corrected chi connectivity index (χ0v) is 12.9. The average Bonchev–Trinajstić information content (AvgIpc) is 2.26. The van der Waals surface area contributed by atoms with E-state index in [9.17, 15) is 10.1 Å². The molecule has 5 nitrogen and oxygen atoms in total. The maximum Gasteiger partial charge on any atom is 0.272 e. The lowest BCUT2D eigenvalue weighted by molar-refractivity contribution is -0.384. The third kappa shape index (κ3) is 3.19. The third-order valence-electron chi connectivity index (χ3n) is 2.95. The molecule has 19 heavy (non-hydrogen) atoms. The molecule has 0 amide bonds. The number of morpholine rings is 1. The van der Waals surface area contributed by atoms with Gasteiger partial charge in [-0.05, 0) is 29.8 Å². The SMILES string of the molecule is CC1CN(c2c(Cl)cc([N+](=O)[O-])cc2Br)CC(C)O1. The van der Waals surface area contributed by atoms with Crippen molar-refractivity contribution in [3.8, 4) is 0 Å². The lowest BCUT2D eigenvalue weighted by Crippen LogP contribution is -2.45. The van der Waals surface area contributed by atoms with Gasteiger partial charge in [-0.1, -0.05) is 11.6 Å². The fraction of sp³-hybridized carbons (Fsp3) is 0.500. The second-order valence-electron chi connectivity index (χ2n) is 4.68. The summed E-state index contributed by atoms with van der Waals surface area (Å²) in [5, 5.41) is 11.2.